The Balaban J connectivity index is 1.39. The molecule has 2 heterocycles. The van der Waals surface area contributed by atoms with E-state index in [1.165, 1.54) is 17.4 Å². The molecule has 6 nitrogen and oxygen atoms in total. The lowest BCUT2D eigenvalue weighted by atomic mass is 10.2. The second kappa shape index (κ2) is 6.93. The van der Waals surface area contributed by atoms with Crippen LogP contribution in [0.4, 0.5) is 11.4 Å². The Bertz CT molecular complexity index is 1000. The highest BCUT2D eigenvalue weighted by Gasteiger charge is 2.29. The normalized spacial score (nSPS) is 14.0. The number of nitrogens with zero attached hydrogens (tertiary/aromatic N) is 2. The van der Waals surface area contributed by atoms with Crippen molar-refractivity contribution in [2.75, 3.05) is 10.6 Å². The maximum absolute atomic E-state index is 12.1. The van der Waals surface area contributed by atoms with Gasteiger partial charge in [0.1, 0.15) is 0 Å². The Morgan fingerprint density at radius 1 is 1.19 bits per heavy atom. The standard InChI is InChI=1S/C18H15ClN4O2S/c19-16-14(23-9-10-26-18(23)22-16)7-8-15(24)20-12-3-5-13(6-4-12)21-17(25)11-1-2-11/h3-11H,1-2H2,(H,20,24)(H,21,25)/b8-7+. The van der Waals surface area contributed by atoms with E-state index in [4.69, 9.17) is 11.6 Å². The van der Waals surface area contributed by atoms with Gasteiger partial charge in [0, 0.05) is 34.9 Å². The molecule has 2 amide bonds. The molecule has 0 saturated heterocycles. The third-order valence-corrected chi connectivity index (χ3v) is 5.05. The smallest absolute Gasteiger partial charge is 0.248 e. The molecule has 0 bridgehead atoms. The van der Waals surface area contributed by atoms with E-state index in [9.17, 15) is 9.59 Å². The molecule has 0 unspecified atom stereocenters. The summed E-state index contributed by atoms with van der Waals surface area (Å²) in [7, 11) is 0. The summed E-state index contributed by atoms with van der Waals surface area (Å²) in [4.78, 5) is 28.8. The second-order valence-corrected chi connectivity index (χ2v) is 7.24. The SMILES string of the molecule is O=C(/C=C/c1c(Cl)nc2sccn12)Nc1ccc(NC(=O)C2CC2)cc1. The average Bonchev–Trinajstić information content (AvgIpc) is 3.31. The number of nitrogens with one attached hydrogen (secondary N) is 2. The number of carbonyl (C=O) groups excluding carboxylic acids is 2. The van der Waals surface area contributed by atoms with Gasteiger partial charge in [-0.1, -0.05) is 11.6 Å². The number of thiazole rings is 1. The fourth-order valence-electron chi connectivity index (χ4n) is 2.49. The van der Waals surface area contributed by atoms with Crippen LogP contribution in [0.3, 0.4) is 0 Å². The number of imidazole rings is 1. The van der Waals surface area contributed by atoms with Crippen LogP contribution in [-0.4, -0.2) is 21.2 Å². The van der Waals surface area contributed by atoms with Gasteiger partial charge in [-0.15, -0.1) is 11.3 Å². The van der Waals surface area contributed by atoms with Crippen LogP contribution in [0.5, 0.6) is 0 Å². The molecule has 26 heavy (non-hydrogen) atoms. The summed E-state index contributed by atoms with van der Waals surface area (Å²) in [5.41, 5.74) is 2.03. The molecule has 0 radical (unpaired) electrons. The van der Waals surface area contributed by atoms with Crippen molar-refractivity contribution in [2.45, 2.75) is 12.8 Å². The zero-order valence-corrected chi connectivity index (χ0v) is 15.2. The van der Waals surface area contributed by atoms with Gasteiger partial charge in [-0.05, 0) is 43.2 Å². The second-order valence-electron chi connectivity index (χ2n) is 6.01. The number of anilines is 2. The fraction of sp³-hybridized carbons (Fsp3) is 0.167. The van der Waals surface area contributed by atoms with E-state index in [2.05, 4.69) is 15.6 Å². The number of hydrogen-bond donors (Lipinski definition) is 2. The Morgan fingerprint density at radius 2 is 1.88 bits per heavy atom. The number of benzene rings is 1. The van der Waals surface area contributed by atoms with Gasteiger partial charge in [0.2, 0.25) is 11.8 Å². The van der Waals surface area contributed by atoms with Gasteiger partial charge in [0.25, 0.3) is 0 Å². The van der Waals surface area contributed by atoms with Gasteiger partial charge >= 0.3 is 0 Å². The van der Waals surface area contributed by atoms with Crippen LogP contribution in [0.1, 0.15) is 18.5 Å². The lowest BCUT2D eigenvalue weighted by Gasteiger charge is -2.06. The highest BCUT2D eigenvalue weighted by molar-refractivity contribution is 7.15. The van der Waals surface area contributed by atoms with Gasteiger partial charge in [0.15, 0.2) is 10.1 Å². The highest BCUT2D eigenvalue weighted by atomic mass is 35.5. The average molecular weight is 387 g/mol. The summed E-state index contributed by atoms with van der Waals surface area (Å²) in [6.45, 7) is 0. The lowest BCUT2D eigenvalue weighted by molar-refractivity contribution is -0.117. The molecule has 4 rings (SSSR count). The summed E-state index contributed by atoms with van der Waals surface area (Å²) in [6, 6.07) is 7.03. The molecule has 2 N–H and O–H groups in total. The molecule has 1 fully saturated rings. The van der Waals surface area contributed by atoms with E-state index in [0.29, 0.717) is 16.5 Å². The first-order chi connectivity index (χ1) is 12.6. The first-order valence-corrected chi connectivity index (χ1v) is 9.37. The van der Waals surface area contributed by atoms with Crippen molar-refractivity contribution in [1.82, 2.24) is 9.38 Å². The van der Waals surface area contributed by atoms with Crippen molar-refractivity contribution < 1.29 is 9.59 Å². The number of halogens is 1. The number of carbonyl (C=O) groups is 2. The van der Waals surface area contributed by atoms with Crippen LogP contribution in [-0.2, 0) is 9.59 Å². The van der Waals surface area contributed by atoms with Gasteiger partial charge in [-0.3, -0.25) is 14.0 Å². The van der Waals surface area contributed by atoms with Crippen molar-refractivity contribution in [3.63, 3.8) is 0 Å². The number of aromatic nitrogens is 2. The van der Waals surface area contributed by atoms with Crippen LogP contribution >= 0.6 is 22.9 Å². The summed E-state index contributed by atoms with van der Waals surface area (Å²) in [6.07, 6.45) is 6.83. The molecule has 2 aromatic heterocycles. The van der Waals surface area contributed by atoms with Gasteiger partial charge in [-0.2, -0.15) is 0 Å². The van der Waals surface area contributed by atoms with E-state index in [1.54, 1.807) is 30.3 Å². The van der Waals surface area contributed by atoms with Crippen LogP contribution in [0.2, 0.25) is 5.15 Å². The van der Waals surface area contributed by atoms with Crippen LogP contribution in [0.25, 0.3) is 11.0 Å². The summed E-state index contributed by atoms with van der Waals surface area (Å²) in [5, 5.41) is 7.89. The third-order valence-electron chi connectivity index (χ3n) is 4.01. The fourth-order valence-corrected chi connectivity index (χ4v) is 3.50. The predicted octanol–water partition coefficient (Wildman–Crippen LogP) is 4.05. The Hall–Kier alpha value is -2.64. The van der Waals surface area contributed by atoms with Crippen molar-refractivity contribution in [2.24, 2.45) is 5.92 Å². The van der Waals surface area contributed by atoms with Crippen LogP contribution in [0.15, 0.2) is 41.9 Å². The maximum atomic E-state index is 12.1. The molecule has 8 heteroatoms. The Morgan fingerprint density at radius 3 is 2.58 bits per heavy atom. The van der Waals surface area contributed by atoms with E-state index in [0.717, 1.165) is 23.5 Å². The summed E-state index contributed by atoms with van der Waals surface area (Å²) < 4.78 is 1.83. The molecular formula is C18H15ClN4O2S. The summed E-state index contributed by atoms with van der Waals surface area (Å²) in [5.74, 6) is -0.0623. The van der Waals surface area contributed by atoms with Gasteiger partial charge in [0.05, 0.1) is 5.69 Å². The molecule has 1 aromatic carbocycles. The van der Waals surface area contributed by atoms with Crippen LogP contribution < -0.4 is 10.6 Å². The molecule has 1 aliphatic carbocycles. The minimum atomic E-state index is -0.277. The summed E-state index contributed by atoms with van der Waals surface area (Å²) >= 11 is 7.57. The predicted molar refractivity (Wildman–Crippen MR) is 104 cm³/mol. The quantitative estimate of drug-likeness (QED) is 0.649. The topological polar surface area (TPSA) is 75.5 Å². The lowest BCUT2D eigenvalue weighted by Crippen LogP contribution is -2.13. The Kier molecular flexibility index (Phi) is 4.48. The molecule has 0 atom stereocenters. The van der Waals surface area contributed by atoms with E-state index in [-0.39, 0.29) is 17.7 Å². The van der Waals surface area contributed by atoms with Crippen molar-refractivity contribution >= 4 is 57.2 Å². The van der Waals surface area contributed by atoms with Crippen molar-refractivity contribution in [1.29, 1.82) is 0 Å². The molecule has 0 spiro atoms. The van der Waals surface area contributed by atoms with E-state index in [1.807, 2.05) is 16.0 Å². The zero-order valence-electron chi connectivity index (χ0n) is 13.6. The molecular weight excluding hydrogens is 372 g/mol. The minimum Gasteiger partial charge on any atom is -0.326 e. The first-order valence-electron chi connectivity index (χ1n) is 8.11. The third kappa shape index (κ3) is 3.63. The van der Waals surface area contributed by atoms with E-state index >= 15 is 0 Å². The Labute approximate surface area is 158 Å². The molecule has 0 aliphatic heterocycles. The molecule has 3 aromatic rings. The van der Waals surface area contributed by atoms with Gasteiger partial charge in [-0.25, -0.2) is 4.98 Å². The minimum absolute atomic E-state index is 0.0575. The molecule has 132 valence electrons. The van der Waals surface area contributed by atoms with Crippen molar-refractivity contribution in [3.8, 4) is 0 Å². The molecule has 1 saturated carbocycles. The first kappa shape index (κ1) is 16.8. The monoisotopic (exact) mass is 386 g/mol. The largest absolute Gasteiger partial charge is 0.326 e. The highest BCUT2D eigenvalue weighted by Crippen LogP contribution is 2.30. The van der Waals surface area contributed by atoms with Crippen molar-refractivity contribution in [3.05, 3.63) is 52.8 Å². The number of hydrogen-bond acceptors (Lipinski definition) is 4. The van der Waals surface area contributed by atoms with Gasteiger partial charge < -0.3 is 10.6 Å². The number of fused-ring (bicyclic) bond motifs is 1. The zero-order chi connectivity index (χ0) is 18.1. The maximum Gasteiger partial charge on any atom is 0.248 e. The van der Waals surface area contributed by atoms with E-state index < -0.39 is 0 Å². The van der Waals surface area contributed by atoms with Crippen LogP contribution in [0, 0.1) is 5.92 Å². The number of rotatable bonds is 5. The number of amides is 2. The molecule has 1 aliphatic rings.